The number of hydrogen-bond donors (Lipinski definition) is 2. The fourth-order valence-corrected chi connectivity index (χ4v) is 1.97. The summed E-state index contributed by atoms with van der Waals surface area (Å²) in [6.45, 7) is 4.10. The van der Waals surface area contributed by atoms with Crippen molar-refractivity contribution in [2.75, 3.05) is 11.9 Å². The van der Waals surface area contributed by atoms with Gasteiger partial charge in [-0.1, -0.05) is 24.1 Å². The van der Waals surface area contributed by atoms with Crippen molar-refractivity contribution in [1.82, 2.24) is 5.32 Å². The van der Waals surface area contributed by atoms with Crippen LogP contribution in [0.2, 0.25) is 5.02 Å². The summed E-state index contributed by atoms with van der Waals surface area (Å²) in [5.41, 5.74) is 1.76. The van der Waals surface area contributed by atoms with Crippen molar-refractivity contribution in [1.29, 1.82) is 0 Å². The molecule has 4 nitrogen and oxygen atoms in total. The summed E-state index contributed by atoms with van der Waals surface area (Å²) in [5, 5.41) is 6.21. The molecule has 0 fully saturated rings. The summed E-state index contributed by atoms with van der Waals surface area (Å²) in [6.07, 6.45) is 3.10. The highest BCUT2D eigenvalue weighted by molar-refractivity contribution is 6.31. The normalized spacial score (nSPS) is 10.2. The van der Waals surface area contributed by atoms with Gasteiger partial charge in [0.25, 0.3) is 0 Å². The second kappa shape index (κ2) is 8.59. The predicted molar refractivity (Wildman–Crippen MR) is 82.0 cm³/mol. The number of carbonyl (C=O) groups is 2. The molecule has 0 unspecified atom stereocenters. The Bertz CT molecular complexity index is 475. The molecule has 20 heavy (non-hydrogen) atoms. The Morgan fingerprint density at radius 1 is 1.20 bits per heavy atom. The minimum absolute atomic E-state index is 0.00473. The molecule has 0 aliphatic heterocycles. The van der Waals surface area contributed by atoms with Crippen LogP contribution in [-0.2, 0) is 9.59 Å². The van der Waals surface area contributed by atoms with Crippen LogP contribution in [0, 0.1) is 6.92 Å². The number of aryl methyl sites for hydroxylation is 1. The first-order chi connectivity index (χ1) is 9.49. The van der Waals surface area contributed by atoms with E-state index in [1.807, 2.05) is 13.0 Å². The lowest BCUT2D eigenvalue weighted by molar-refractivity contribution is -0.119. The van der Waals surface area contributed by atoms with Gasteiger partial charge >= 0.3 is 0 Å². The number of amides is 2. The third-order valence-electron chi connectivity index (χ3n) is 2.93. The van der Waals surface area contributed by atoms with Crippen molar-refractivity contribution in [3.05, 3.63) is 28.8 Å². The topological polar surface area (TPSA) is 58.2 Å². The molecule has 0 saturated heterocycles. The maximum atomic E-state index is 11.8. The molecule has 0 aliphatic rings. The summed E-state index contributed by atoms with van der Waals surface area (Å²) in [5.74, 6) is -0.0194. The molecule has 0 radical (unpaired) electrons. The molecule has 2 amide bonds. The highest BCUT2D eigenvalue weighted by Crippen LogP contribution is 2.20. The highest BCUT2D eigenvalue weighted by atomic mass is 35.5. The first-order valence-electron chi connectivity index (χ1n) is 6.79. The molecule has 5 heteroatoms. The van der Waals surface area contributed by atoms with Crippen molar-refractivity contribution in [3.8, 4) is 0 Å². The summed E-state index contributed by atoms with van der Waals surface area (Å²) in [6, 6.07) is 5.44. The molecule has 0 aromatic heterocycles. The van der Waals surface area contributed by atoms with E-state index in [1.54, 1.807) is 12.1 Å². The molecule has 0 atom stereocenters. The van der Waals surface area contributed by atoms with Gasteiger partial charge in [-0.05, 0) is 37.5 Å². The Morgan fingerprint density at radius 3 is 2.65 bits per heavy atom. The Kier molecular flexibility index (Phi) is 7.09. The van der Waals surface area contributed by atoms with Crippen LogP contribution in [0.3, 0.4) is 0 Å². The van der Waals surface area contributed by atoms with Gasteiger partial charge in [0.15, 0.2) is 0 Å². The number of rotatable bonds is 7. The number of halogens is 1. The maximum Gasteiger partial charge on any atom is 0.224 e. The fraction of sp³-hybridized carbons (Fsp3) is 0.467. The second-order valence-electron chi connectivity index (χ2n) is 4.80. The standard InChI is InChI=1S/C15H21ClN2O2/c1-11-7-8-13(16)10-14(11)18-15(20)6-4-3-5-9-17-12(2)19/h7-8,10H,3-6,9H2,1-2H3,(H,17,19)(H,18,20). The van der Waals surface area contributed by atoms with Gasteiger partial charge in [-0.3, -0.25) is 9.59 Å². The third-order valence-corrected chi connectivity index (χ3v) is 3.16. The van der Waals surface area contributed by atoms with Crippen molar-refractivity contribution in [3.63, 3.8) is 0 Å². The van der Waals surface area contributed by atoms with E-state index in [0.717, 1.165) is 30.5 Å². The van der Waals surface area contributed by atoms with E-state index < -0.39 is 0 Å². The van der Waals surface area contributed by atoms with Crippen LogP contribution in [0.25, 0.3) is 0 Å². The van der Waals surface area contributed by atoms with Gasteiger partial charge in [0.05, 0.1) is 0 Å². The Hall–Kier alpha value is -1.55. The maximum absolute atomic E-state index is 11.8. The van der Waals surface area contributed by atoms with Crippen LogP contribution < -0.4 is 10.6 Å². The number of nitrogens with one attached hydrogen (secondary N) is 2. The highest BCUT2D eigenvalue weighted by Gasteiger charge is 2.05. The van der Waals surface area contributed by atoms with Crippen LogP contribution >= 0.6 is 11.6 Å². The minimum Gasteiger partial charge on any atom is -0.356 e. The largest absolute Gasteiger partial charge is 0.356 e. The van der Waals surface area contributed by atoms with Crippen LogP contribution in [-0.4, -0.2) is 18.4 Å². The average molecular weight is 297 g/mol. The smallest absolute Gasteiger partial charge is 0.224 e. The molecule has 0 heterocycles. The predicted octanol–water partition coefficient (Wildman–Crippen LogP) is 3.28. The zero-order chi connectivity index (χ0) is 15.0. The zero-order valence-corrected chi connectivity index (χ0v) is 12.7. The quantitative estimate of drug-likeness (QED) is 0.759. The Balaban J connectivity index is 2.23. The Morgan fingerprint density at radius 2 is 1.95 bits per heavy atom. The van der Waals surface area contributed by atoms with Gasteiger partial charge in [-0.2, -0.15) is 0 Å². The SMILES string of the molecule is CC(=O)NCCCCCC(=O)Nc1cc(Cl)ccc1C. The van der Waals surface area contributed by atoms with E-state index in [-0.39, 0.29) is 11.8 Å². The summed E-state index contributed by atoms with van der Waals surface area (Å²) in [4.78, 5) is 22.5. The van der Waals surface area contributed by atoms with E-state index in [4.69, 9.17) is 11.6 Å². The van der Waals surface area contributed by atoms with Crippen LogP contribution in [0.5, 0.6) is 0 Å². The summed E-state index contributed by atoms with van der Waals surface area (Å²) >= 11 is 5.90. The number of carbonyl (C=O) groups excluding carboxylic acids is 2. The van der Waals surface area contributed by atoms with Gasteiger partial charge < -0.3 is 10.6 Å². The van der Waals surface area contributed by atoms with Crippen molar-refractivity contribution in [2.24, 2.45) is 0 Å². The first-order valence-corrected chi connectivity index (χ1v) is 7.17. The molecule has 0 aliphatic carbocycles. The second-order valence-corrected chi connectivity index (χ2v) is 5.24. The molecule has 1 aromatic carbocycles. The van der Waals surface area contributed by atoms with E-state index in [1.165, 1.54) is 6.92 Å². The van der Waals surface area contributed by atoms with Crippen molar-refractivity contribution >= 4 is 29.1 Å². The van der Waals surface area contributed by atoms with Gasteiger partial charge in [0.2, 0.25) is 11.8 Å². The number of unbranched alkanes of at least 4 members (excludes halogenated alkanes) is 2. The van der Waals surface area contributed by atoms with Gasteiger partial charge in [0.1, 0.15) is 0 Å². The summed E-state index contributed by atoms with van der Waals surface area (Å²) in [7, 11) is 0. The summed E-state index contributed by atoms with van der Waals surface area (Å²) < 4.78 is 0. The van der Waals surface area contributed by atoms with E-state index >= 15 is 0 Å². The van der Waals surface area contributed by atoms with Gasteiger partial charge in [-0.25, -0.2) is 0 Å². The lowest BCUT2D eigenvalue weighted by atomic mass is 10.1. The third kappa shape index (κ3) is 6.57. The van der Waals surface area contributed by atoms with Crippen molar-refractivity contribution < 1.29 is 9.59 Å². The molecule has 110 valence electrons. The number of hydrogen-bond acceptors (Lipinski definition) is 2. The lowest BCUT2D eigenvalue weighted by Crippen LogP contribution is -2.20. The Labute approximate surface area is 124 Å². The average Bonchev–Trinajstić information content (AvgIpc) is 2.37. The van der Waals surface area contributed by atoms with Crippen LogP contribution in [0.15, 0.2) is 18.2 Å². The molecule has 1 aromatic rings. The lowest BCUT2D eigenvalue weighted by Gasteiger charge is -2.08. The number of benzene rings is 1. The minimum atomic E-state index is -0.0147. The van der Waals surface area contributed by atoms with E-state index in [9.17, 15) is 9.59 Å². The molecule has 2 N–H and O–H groups in total. The molecule has 1 rings (SSSR count). The molecular formula is C15H21ClN2O2. The van der Waals surface area contributed by atoms with Crippen LogP contribution in [0.1, 0.15) is 38.2 Å². The van der Waals surface area contributed by atoms with Gasteiger partial charge in [-0.15, -0.1) is 0 Å². The first kappa shape index (κ1) is 16.5. The van der Waals surface area contributed by atoms with E-state index in [0.29, 0.717) is 18.0 Å². The number of anilines is 1. The van der Waals surface area contributed by atoms with Crippen LogP contribution in [0.4, 0.5) is 5.69 Å². The molecule has 0 saturated carbocycles. The monoisotopic (exact) mass is 296 g/mol. The van der Waals surface area contributed by atoms with Gasteiger partial charge in [0, 0.05) is 30.6 Å². The van der Waals surface area contributed by atoms with E-state index in [2.05, 4.69) is 10.6 Å². The van der Waals surface area contributed by atoms with Crippen molar-refractivity contribution in [2.45, 2.75) is 39.5 Å². The fourth-order valence-electron chi connectivity index (χ4n) is 1.79. The molecule has 0 spiro atoms. The molecule has 0 bridgehead atoms. The molecular weight excluding hydrogens is 276 g/mol. The zero-order valence-electron chi connectivity index (χ0n) is 12.0.